The Kier molecular flexibility index (Phi) is 8.17. The molecule has 28 heavy (non-hydrogen) atoms. The van der Waals surface area contributed by atoms with E-state index < -0.39 is 0 Å². The van der Waals surface area contributed by atoms with Gasteiger partial charge in [-0.15, -0.1) is 0 Å². The van der Waals surface area contributed by atoms with Gasteiger partial charge in [0, 0.05) is 25.5 Å². The Labute approximate surface area is 173 Å². The van der Waals surface area contributed by atoms with Crippen LogP contribution in [0.25, 0.3) is 0 Å². The van der Waals surface area contributed by atoms with Crippen LogP contribution < -0.4 is 23.0 Å². The Bertz CT molecular complexity index is 925. The number of hydrogen-bond acceptors (Lipinski definition) is 4. The summed E-state index contributed by atoms with van der Waals surface area (Å²) in [7, 11) is 0. The molecule has 146 valence electrons. The van der Waals surface area contributed by atoms with Crippen molar-refractivity contribution >= 4 is 23.3 Å². The van der Waals surface area contributed by atoms with E-state index in [9.17, 15) is 9.18 Å². The number of anilines is 1. The third-order valence-electron chi connectivity index (χ3n) is 3.88. The molecule has 0 saturated carbocycles. The summed E-state index contributed by atoms with van der Waals surface area (Å²) in [5, 5.41) is 6.23. The number of carbonyl (C=O) groups is 1. The van der Waals surface area contributed by atoms with Crippen molar-refractivity contribution < 1.29 is 21.6 Å². The summed E-state index contributed by atoms with van der Waals surface area (Å²) in [5.41, 5.74) is 2.14. The van der Waals surface area contributed by atoms with Gasteiger partial charge in [-0.1, -0.05) is 29.8 Å². The van der Waals surface area contributed by atoms with E-state index in [4.69, 9.17) is 11.6 Å². The van der Waals surface area contributed by atoms with Crippen LogP contribution in [-0.4, -0.2) is 22.4 Å². The highest BCUT2D eigenvalue weighted by Crippen LogP contribution is 2.17. The monoisotopic (exact) mass is 419 g/mol. The van der Waals surface area contributed by atoms with Gasteiger partial charge < -0.3 is 23.0 Å². The second kappa shape index (κ2) is 10.6. The third-order valence-corrected chi connectivity index (χ3v) is 4.09. The van der Waals surface area contributed by atoms with Crippen LogP contribution in [0, 0.1) is 5.82 Å². The average molecular weight is 420 g/mol. The smallest absolute Gasteiger partial charge is 0.255 e. The van der Waals surface area contributed by atoms with Crippen molar-refractivity contribution in [2.75, 3.05) is 11.9 Å². The van der Waals surface area contributed by atoms with Crippen molar-refractivity contribution in [1.82, 2.24) is 15.3 Å². The van der Waals surface area contributed by atoms with Gasteiger partial charge in [-0.05, 0) is 47.9 Å². The number of amides is 1. The minimum Gasteiger partial charge on any atom is -1.00 e. The SMILES string of the molecule is O=C(NCc1cccnc1)c1ccc(Cl)nc1NCCc1cccc(F)c1.[Cl-]. The van der Waals surface area contributed by atoms with Gasteiger partial charge >= 0.3 is 0 Å². The number of rotatable bonds is 7. The lowest BCUT2D eigenvalue weighted by Crippen LogP contribution is -3.00. The lowest BCUT2D eigenvalue weighted by atomic mass is 10.1. The molecule has 2 N–H and O–H groups in total. The zero-order chi connectivity index (χ0) is 19.1. The summed E-state index contributed by atoms with van der Waals surface area (Å²) in [5.74, 6) is -0.150. The normalized spacial score (nSPS) is 10.1. The molecule has 5 nitrogen and oxygen atoms in total. The average Bonchev–Trinajstić information content (AvgIpc) is 2.67. The minimum absolute atomic E-state index is 0. The van der Waals surface area contributed by atoms with Gasteiger partial charge in [-0.25, -0.2) is 9.37 Å². The molecule has 1 amide bonds. The van der Waals surface area contributed by atoms with Crippen LogP contribution in [0.1, 0.15) is 21.5 Å². The van der Waals surface area contributed by atoms with Crippen LogP contribution in [0.5, 0.6) is 0 Å². The molecule has 0 saturated heterocycles. The Hall–Kier alpha value is -2.70. The Morgan fingerprint density at radius 3 is 2.68 bits per heavy atom. The first kappa shape index (κ1) is 21.6. The lowest BCUT2D eigenvalue weighted by molar-refractivity contribution is -0.0000145. The van der Waals surface area contributed by atoms with Crippen LogP contribution in [-0.2, 0) is 13.0 Å². The molecule has 0 fully saturated rings. The van der Waals surface area contributed by atoms with Crippen LogP contribution in [0.15, 0.2) is 60.9 Å². The number of nitrogens with one attached hydrogen (secondary N) is 2. The topological polar surface area (TPSA) is 66.9 Å². The van der Waals surface area contributed by atoms with Gasteiger partial charge in [-0.3, -0.25) is 9.78 Å². The zero-order valence-electron chi connectivity index (χ0n) is 14.8. The first-order valence-electron chi connectivity index (χ1n) is 8.44. The molecular formula is C20H18Cl2FN4O-. The number of pyridine rings is 2. The molecule has 0 aliphatic rings. The van der Waals surface area contributed by atoms with Gasteiger partial charge in [0.05, 0.1) is 5.56 Å². The molecule has 0 spiro atoms. The summed E-state index contributed by atoms with van der Waals surface area (Å²) in [4.78, 5) is 20.7. The van der Waals surface area contributed by atoms with Crippen molar-refractivity contribution in [3.05, 3.63) is 88.6 Å². The minimum atomic E-state index is -0.274. The summed E-state index contributed by atoms with van der Waals surface area (Å²) in [6, 6.07) is 13.3. The molecule has 2 heterocycles. The number of carbonyl (C=O) groups excluding carboxylic acids is 1. The Balaban J connectivity index is 0.00000280. The Morgan fingerprint density at radius 1 is 1.11 bits per heavy atom. The molecule has 0 atom stereocenters. The van der Waals surface area contributed by atoms with Crippen LogP contribution in [0.4, 0.5) is 10.2 Å². The first-order valence-corrected chi connectivity index (χ1v) is 8.81. The van der Waals surface area contributed by atoms with Crippen molar-refractivity contribution in [2.45, 2.75) is 13.0 Å². The van der Waals surface area contributed by atoms with Crippen molar-refractivity contribution in [3.8, 4) is 0 Å². The highest BCUT2D eigenvalue weighted by atomic mass is 35.5. The van der Waals surface area contributed by atoms with Crippen LogP contribution >= 0.6 is 11.6 Å². The largest absolute Gasteiger partial charge is 1.00 e. The van der Waals surface area contributed by atoms with E-state index in [1.54, 1.807) is 30.6 Å². The number of halogens is 3. The molecule has 0 aliphatic carbocycles. The van der Waals surface area contributed by atoms with Gasteiger partial charge in [0.2, 0.25) is 0 Å². The molecule has 3 aromatic rings. The van der Waals surface area contributed by atoms with E-state index in [1.807, 2.05) is 18.2 Å². The molecule has 1 aromatic carbocycles. The van der Waals surface area contributed by atoms with Crippen LogP contribution in [0.3, 0.4) is 0 Å². The molecule has 0 unspecified atom stereocenters. The van der Waals surface area contributed by atoms with E-state index in [0.717, 1.165) is 11.1 Å². The van der Waals surface area contributed by atoms with E-state index in [0.29, 0.717) is 30.9 Å². The fourth-order valence-electron chi connectivity index (χ4n) is 2.55. The molecule has 3 rings (SSSR count). The summed E-state index contributed by atoms with van der Waals surface area (Å²) < 4.78 is 13.3. The third kappa shape index (κ3) is 6.18. The van der Waals surface area contributed by atoms with Crippen molar-refractivity contribution in [3.63, 3.8) is 0 Å². The second-order valence-electron chi connectivity index (χ2n) is 5.88. The molecule has 0 aliphatic heterocycles. The van der Waals surface area contributed by atoms with Gasteiger partial charge in [-0.2, -0.15) is 0 Å². The second-order valence-corrected chi connectivity index (χ2v) is 6.27. The van der Waals surface area contributed by atoms with Crippen molar-refractivity contribution in [1.29, 1.82) is 0 Å². The van der Waals surface area contributed by atoms with Crippen LogP contribution in [0.2, 0.25) is 5.15 Å². The Morgan fingerprint density at radius 2 is 1.93 bits per heavy atom. The maximum atomic E-state index is 13.3. The standard InChI is InChI=1S/C20H18ClFN4O.ClH/c21-18-7-6-17(20(27)25-13-15-4-2-9-23-12-15)19(26-18)24-10-8-14-3-1-5-16(22)11-14;/h1-7,9,11-12H,8,10,13H2,(H,24,26)(H,25,27);1H/p-1. The highest BCUT2D eigenvalue weighted by Gasteiger charge is 2.13. The lowest BCUT2D eigenvalue weighted by Gasteiger charge is -2.12. The van der Waals surface area contributed by atoms with E-state index in [1.165, 1.54) is 12.1 Å². The van der Waals surface area contributed by atoms with E-state index >= 15 is 0 Å². The molecule has 8 heteroatoms. The van der Waals surface area contributed by atoms with E-state index in [-0.39, 0.29) is 29.3 Å². The number of benzene rings is 1. The molecule has 0 bridgehead atoms. The van der Waals surface area contributed by atoms with Crippen molar-refractivity contribution in [2.24, 2.45) is 0 Å². The van der Waals surface area contributed by atoms with Gasteiger partial charge in [0.1, 0.15) is 16.8 Å². The van der Waals surface area contributed by atoms with Gasteiger partial charge in [0.25, 0.3) is 5.91 Å². The maximum absolute atomic E-state index is 13.3. The number of nitrogens with zero attached hydrogens (tertiary/aromatic N) is 2. The zero-order valence-corrected chi connectivity index (χ0v) is 16.3. The van der Waals surface area contributed by atoms with Gasteiger partial charge in [0.15, 0.2) is 0 Å². The summed E-state index contributed by atoms with van der Waals surface area (Å²) >= 11 is 5.97. The van der Waals surface area contributed by atoms with E-state index in [2.05, 4.69) is 20.6 Å². The predicted octanol–water partition coefficient (Wildman–Crippen LogP) is 0.858. The quantitative estimate of drug-likeness (QED) is 0.557. The molecular weight excluding hydrogens is 402 g/mol. The first-order chi connectivity index (χ1) is 13.1. The number of aromatic nitrogens is 2. The summed E-state index contributed by atoms with van der Waals surface area (Å²) in [6.45, 7) is 0.845. The predicted molar refractivity (Wildman–Crippen MR) is 103 cm³/mol. The maximum Gasteiger partial charge on any atom is 0.255 e. The molecule has 0 radical (unpaired) electrons. The summed E-state index contributed by atoms with van der Waals surface area (Å²) in [6.07, 6.45) is 3.95. The fourth-order valence-corrected chi connectivity index (χ4v) is 2.70. The number of hydrogen-bond donors (Lipinski definition) is 2. The highest BCUT2D eigenvalue weighted by molar-refractivity contribution is 6.29. The molecule has 2 aromatic heterocycles. The fraction of sp³-hybridized carbons (Fsp3) is 0.150.